The van der Waals surface area contributed by atoms with E-state index in [1.165, 1.54) is 0 Å². The molecule has 3 nitrogen and oxygen atoms in total. The molecule has 1 aromatic rings. The smallest absolute Gasteiger partial charge is 0.122 e. The maximum absolute atomic E-state index is 10.0. The number of benzene rings is 1. The fourth-order valence-electron chi connectivity index (χ4n) is 1.07. The predicted octanol–water partition coefficient (Wildman–Crippen LogP) is 1.15. The molecule has 0 aromatic heterocycles. The molecule has 1 N–H and O–H groups in total. The van der Waals surface area contributed by atoms with Crippen molar-refractivity contribution in [2.75, 3.05) is 6.61 Å². The minimum Gasteiger partial charge on any atom is -0.390 e. The summed E-state index contributed by atoms with van der Waals surface area (Å²) in [4.78, 5) is 10.0. The number of aldehydes is 1. The Labute approximate surface area is 83.3 Å². The summed E-state index contributed by atoms with van der Waals surface area (Å²) in [6.45, 7) is 0.671. The van der Waals surface area contributed by atoms with E-state index >= 15 is 0 Å². The summed E-state index contributed by atoms with van der Waals surface area (Å²) in [6.07, 6.45) is 0.141. The van der Waals surface area contributed by atoms with Crippen molar-refractivity contribution < 1.29 is 14.6 Å². The number of ether oxygens (including phenoxy) is 1. The molecule has 0 saturated heterocycles. The minimum atomic E-state index is -0.684. The molecular formula is C11H14O3. The van der Waals surface area contributed by atoms with Gasteiger partial charge in [0.1, 0.15) is 6.29 Å². The second kappa shape index (κ2) is 6.29. The van der Waals surface area contributed by atoms with Crippen molar-refractivity contribution in [2.24, 2.45) is 0 Å². The molecule has 0 spiro atoms. The van der Waals surface area contributed by atoms with E-state index in [0.29, 0.717) is 12.9 Å². The van der Waals surface area contributed by atoms with Gasteiger partial charge in [0, 0.05) is 6.42 Å². The van der Waals surface area contributed by atoms with Gasteiger partial charge in [-0.15, -0.1) is 0 Å². The van der Waals surface area contributed by atoms with Crippen LogP contribution < -0.4 is 0 Å². The van der Waals surface area contributed by atoms with Gasteiger partial charge in [-0.1, -0.05) is 30.3 Å². The third kappa shape index (κ3) is 4.16. The molecule has 0 bridgehead atoms. The lowest BCUT2D eigenvalue weighted by atomic mass is 10.2. The largest absolute Gasteiger partial charge is 0.390 e. The Hall–Kier alpha value is -1.19. The maximum atomic E-state index is 10.0. The number of carbonyl (C=O) groups is 1. The maximum Gasteiger partial charge on any atom is 0.122 e. The van der Waals surface area contributed by atoms with E-state index in [9.17, 15) is 9.90 Å². The molecule has 0 amide bonds. The Morgan fingerprint density at radius 2 is 2.07 bits per heavy atom. The molecule has 0 aliphatic rings. The van der Waals surface area contributed by atoms with Gasteiger partial charge in [-0.05, 0) is 5.56 Å². The first-order valence-electron chi connectivity index (χ1n) is 4.56. The summed E-state index contributed by atoms with van der Waals surface area (Å²) in [5, 5.41) is 9.17. The van der Waals surface area contributed by atoms with Gasteiger partial charge in [0.2, 0.25) is 0 Å². The highest BCUT2D eigenvalue weighted by Crippen LogP contribution is 2.01. The van der Waals surface area contributed by atoms with Crippen LogP contribution in [0.15, 0.2) is 30.3 Å². The van der Waals surface area contributed by atoms with Crippen LogP contribution in [0.3, 0.4) is 0 Å². The lowest BCUT2D eigenvalue weighted by Gasteiger charge is -2.07. The van der Waals surface area contributed by atoms with Crippen molar-refractivity contribution >= 4 is 6.29 Å². The van der Waals surface area contributed by atoms with Crippen molar-refractivity contribution in [1.82, 2.24) is 0 Å². The van der Waals surface area contributed by atoms with Gasteiger partial charge >= 0.3 is 0 Å². The molecule has 76 valence electrons. The molecule has 0 radical (unpaired) electrons. The number of hydrogen-bond donors (Lipinski definition) is 1. The van der Waals surface area contributed by atoms with E-state index in [-0.39, 0.29) is 13.0 Å². The highest BCUT2D eigenvalue weighted by molar-refractivity contribution is 5.49. The Morgan fingerprint density at radius 1 is 1.36 bits per heavy atom. The van der Waals surface area contributed by atoms with Crippen LogP contribution in [0.1, 0.15) is 12.0 Å². The van der Waals surface area contributed by atoms with Gasteiger partial charge < -0.3 is 14.6 Å². The van der Waals surface area contributed by atoms with E-state index in [0.717, 1.165) is 5.56 Å². The second-order valence-electron chi connectivity index (χ2n) is 3.06. The van der Waals surface area contributed by atoms with Crippen LogP contribution in [-0.4, -0.2) is 24.1 Å². The molecule has 1 atom stereocenters. The van der Waals surface area contributed by atoms with Crippen LogP contribution in [0, 0.1) is 0 Å². The Balaban J connectivity index is 2.18. The van der Waals surface area contributed by atoms with Gasteiger partial charge in [-0.25, -0.2) is 0 Å². The van der Waals surface area contributed by atoms with Gasteiger partial charge in [-0.2, -0.15) is 0 Å². The first kappa shape index (κ1) is 10.9. The highest BCUT2D eigenvalue weighted by atomic mass is 16.5. The summed E-state index contributed by atoms with van der Waals surface area (Å²) in [7, 11) is 0. The topological polar surface area (TPSA) is 46.5 Å². The average molecular weight is 194 g/mol. The molecule has 0 heterocycles. The van der Waals surface area contributed by atoms with Crippen molar-refractivity contribution in [2.45, 2.75) is 19.1 Å². The average Bonchev–Trinajstić information content (AvgIpc) is 2.20. The third-order valence-corrected chi connectivity index (χ3v) is 1.79. The Kier molecular flexibility index (Phi) is 4.89. The van der Waals surface area contributed by atoms with Crippen molar-refractivity contribution in [1.29, 1.82) is 0 Å². The van der Waals surface area contributed by atoms with E-state index < -0.39 is 6.10 Å². The summed E-state index contributed by atoms with van der Waals surface area (Å²) in [6, 6.07) is 9.70. The fraction of sp³-hybridized carbons (Fsp3) is 0.364. The van der Waals surface area contributed by atoms with E-state index in [2.05, 4.69) is 0 Å². The molecule has 1 aromatic carbocycles. The quantitative estimate of drug-likeness (QED) is 0.691. The van der Waals surface area contributed by atoms with Gasteiger partial charge in [0.15, 0.2) is 0 Å². The first-order chi connectivity index (χ1) is 6.83. The first-order valence-corrected chi connectivity index (χ1v) is 4.56. The summed E-state index contributed by atoms with van der Waals surface area (Å²) in [5.74, 6) is 0. The van der Waals surface area contributed by atoms with Crippen LogP contribution in [0.5, 0.6) is 0 Å². The summed E-state index contributed by atoms with van der Waals surface area (Å²) < 4.78 is 5.23. The zero-order valence-electron chi connectivity index (χ0n) is 7.93. The molecule has 14 heavy (non-hydrogen) atoms. The Bertz CT molecular complexity index is 258. The van der Waals surface area contributed by atoms with Crippen molar-refractivity contribution in [3.8, 4) is 0 Å². The van der Waals surface area contributed by atoms with Gasteiger partial charge in [-0.3, -0.25) is 0 Å². The van der Waals surface area contributed by atoms with Crippen LogP contribution in [0.4, 0.5) is 0 Å². The lowest BCUT2D eigenvalue weighted by molar-refractivity contribution is -0.110. The SMILES string of the molecule is O=CC[C@@H](O)COCc1ccccc1. The minimum absolute atomic E-state index is 0.134. The summed E-state index contributed by atoms with van der Waals surface area (Å²) in [5.41, 5.74) is 1.06. The molecule has 0 fully saturated rings. The molecule has 0 aliphatic carbocycles. The van der Waals surface area contributed by atoms with Crippen molar-refractivity contribution in [3.05, 3.63) is 35.9 Å². The van der Waals surface area contributed by atoms with E-state index in [4.69, 9.17) is 4.74 Å². The monoisotopic (exact) mass is 194 g/mol. The zero-order valence-corrected chi connectivity index (χ0v) is 7.93. The Morgan fingerprint density at radius 3 is 2.71 bits per heavy atom. The van der Waals surface area contributed by atoms with Crippen LogP contribution in [0.2, 0.25) is 0 Å². The van der Waals surface area contributed by atoms with E-state index in [1.54, 1.807) is 0 Å². The van der Waals surface area contributed by atoms with Crippen molar-refractivity contribution in [3.63, 3.8) is 0 Å². The highest BCUT2D eigenvalue weighted by Gasteiger charge is 2.02. The number of hydrogen-bond acceptors (Lipinski definition) is 3. The number of carbonyl (C=O) groups excluding carboxylic acids is 1. The van der Waals surface area contributed by atoms with Crippen LogP contribution >= 0.6 is 0 Å². The number of aliphatic hydroxyl groups excluding tert-OH is 1. The van der Waals surface area contributed by atoms with Gasteiger partial charge in [0.25, 0.3) is 0 Å². The fourth-order valence-corrected chi connectivity index (χ4v) is 1.07. The number of aliphatic hydroxyl groups is 1. The lowest BCUT2D eigenvalue weighted by Crippen LogP contribution is -2.15. The zero-order chi connectivity index (χ0) is 10.2. The third-order valence-electron chi connectivity index (χ3n) is 1.79. The van der Waals surface area contributed by atoms with Gasteiger partial charge in [0.05, 0.1) is 19.3 Å². The molecule has 3 heteroatoms. The normalized spacial score (nSPS) is 12.4. The molecule has 0 saturated carbocycles. The predicted molar refractivity (Wildman–Crippen MR) is 52.8 cm³/mol. The molecule has 0 unspecified atom stereocenters. The van der Waals surface area contributed by atoms with Crippen LogP contribution in [0.25, 0.3) is 0 Å². The standard InChI is InChI=1S/C11H14O3/c12-7-6-11(13)9-14-8-10-4-2-1-3-5-10/h1-5,7,11,13H,6,8-9H2/t11-/m1/s1. The molecular weight excluding hydrogens is 180 g/mol. The summed E-state index contributed by atoms with van der Waals surface area (Å²) >= 11 is 0. The van der Waals surface area contributed by atoms with E-state index in [1.807, 2.05) is 30.3 Å². The number of rotatable bonds is 6. The second-order valence-corrected chi connectivity index (χ2v) is 3.06. The van der Waals surface area contributed by atoms with Crippen LogP contribution in [-0.2, 0) is 16.1 Å². The molecule has 1 rings (SSSR count). The molecule has 0 aliphatic heterocycles.